The van der Waals surface area contributed by atoms with Crippen molar-refractivity contribution in [2.75, 3.05) is 0 Å². The van der Waals surface area contributed by atoms with Gasteiger partial charge in [0.05, 0.1) is 16.2 Å². The number of nitro groups is 1. The number of esters is 1. The van der Waals surface area contributed by atoms with Crippen LogP contribution in [0.5, 0.6) is 0 Å². The lowest BCUT2D eigenvalue weighted by Crippen LogP contribution is -2.16. The summed E-state index contributed by atoms with van der Waals surface area (Å²) in [7, 11) is 0. The molecule has 10 heteroatoms. The lowest BCUT2D eigenvalue weighted by atomic mass is 10.2. The normalized spacial score (nSPS) is 10.8. The third-order valence-electron chi connectivity index (χ3n) is 3.36. The molecule has 0 amide bonds. The van der Waals surface area contributed by atoms with Crippen LogP contribution in [0.25, 0.3) is 4.96 Å². The topological polar surface area (TPSA) is 104 Å². The second-order valence-electron chi connectivity index (χ2n) is 5.08. The van der Waals surface area contributed by atoms with E-state index >= 15 is 0 Å². The number of nitro benzene ring substituents is 1. The fraction of sp³-hybridized carbons (Fsp3) is 0.133. The zero-order valence-corrected chi connectivity index (χ0v) is 14.3. The van der Waals surface area contributed by atoms with Gasteiger partial charge in [0.1, 0.15) is 11.6 Å². The molecule has 0 N–H and O–H groups in total. The first kappa shape index (κ1) is 17.1. The van der Waals surface area contributed by atoms with Gasteiger partial charge < -0.3 is 4.74 Å². The first-order chi connectivity index (χ1) is 11.9. The maximum Gasteiger partial charge on any atom is 0.338 e. The molecule has 3 rings (SSSR count). The van der Waals surface area contributed by atoms with Crippen LogP contribution in [0.1, 0.15) is 21.7 Å². The zero-order chi connectivity index (χ0) is 18.1. The molecule has 25 heavy (non-hydrogen) atoms. The highest BCUT2D eigenvalue weighted by atomic mass is 35.5. The summed E-state index contributed by atoms with van der Waals surface area (Å²) in [4.78, 5) is 39.0. The van der Waals surface area contributed by atoms with E-state index in [2.05, 4.69) is 4.98 Å². The van der Waals surface area contributed by atoms with Crippen molar-refractivity contribution in [3.8, 4) is 0 Å². The Labute approximate surface area is 149 Å². The molecule has 0 radical (unpaired) electrons. The van der Waals surface area contributed by atoms with Gasteiger partial charge in [0.2, 0.25) is 0 Å². The number of benzene rings is 1. The maximum absolute atomic E-state index is 12.1. The number of rotatable bonds is 4. The van der Waals surface area contributed by atoms with E-state index in [9.17, 15) is 19.7 Å². The van der Waals surface area contributed by atoms with Gasteiger partial charge in [-0.05, 0) is 19.1 Å². The molecule has 2 heterocycles. The number of hydrogen-bond acceptors (Lipinski definition) is 7. The molecule has 0 aliphatic rings. The third kappa shape index (κ3) is 3.37. The minimum atomic E-state index is -0.774. The van der Waals surface area contributed by atoms with Crippen molar-refractivity contribution in [1.82, 2.24) is 9.38 Å². The van der Waals surface area contributed by atoms with Crippen molar-refractivity contribution in [3.05, 3.63) is 72.1 Å². The Balaban J connectivity index is 1.80. The molecule has 2 aromatic heterocycles. The molecule has 8 nitrogen and oxygen atoms in total. The summed E-state index contributed by atoms with van der Waals surface area (Å²) in [5, 5.41) is 12.6. The standard InChI is InChI=1S/C15H10ClN3O5S/c1-8-7-25-15-17-10(5-13(20)18(8)15)6-24-14(21)9-2-3-11(16)12(4-9)19(22)23/h2-5,7H,6H2,1H3. The summed E-state index contributed by atoms with van der Waals surface area (Å²) in [5.41, 5.74) is 0.402. The highest BCUT2D eigenvalue weighted by Gasteiger charge is 2.17. The largest absolute Gasteiger partial charge is 0.456 e. The monoisotopic (exact) mass is 379 g/mol. The Morgan fingerprint density at radius 1 is 1.44 bits per heavy atom. The van der Waals surface area contributed by atoms with E-state index in [4.69, 9.17) is 16.3 Å². The molecule has 3 aromatic rings. The first-order valence-electron chi connectivity index (χ1n) is 6.94. The number of fused-ring (bicyclic) bond motifs is 1. The Morgan fingerprint density at radius 3 is 2.92 bits per heavy atom. The van der Waals surface area contributed by atoms with Crippen molar-refractivity contribution in [2.24, 2.45) is 0 Å². The highest BCUT2D eigenvalue weighted by molar-refractivity contribution is 7.15. The zero-order valence-electron chi connectivity index (χ0n) is 12.8. The number of carbonyl (C=O) groups is 1. The van der Waals surface area contributed by atoms with E-state index < -0.39 is 10.9 Å². The molecule has 0 fully saturated rings. The average Bonchev–Trinajstić information content (AvgIpc) is 2.94. The van der Waals surface area contributed by atoms with Crippen LogP contribution in [0, 0.1) is 17.0 Å². The van der Waals surface area contributed by atoms with Gasteiger partial charge in [0.15, 0.2) is 4.96 Å². The molecule has 0 saturated carbocycles. The van der Waals surface area contributed by atoms with Crippen LogP contribution in [-0.2, 0) is 11.3 Å². The predicted molar refractivity (Wildman–Crippen MR) is 91.3 cm³/mol. The van der Waals surface area contributed by atoms with Crippen LogP contribution in [0.15, 0.2) is 34.4 Å². The van der Waals surface area contributed by atoms with Crippen LogP contribution in [0.4, 0.5) is 5.69 Å². The molecule has 0 aliphatic heterocycles. The van der Waals surface area contributed by atoms with Crippen molar-refractivity contribution in [1.29, 1.82) is 0 Å². The second kappa shape index (κ2) is 6.61. The fourth-order valence-electron chi connectivity index (χ4n) is 2.18. The summed E-state index contributed by atoms with van der Waals surface area (Å²) in [6.07, 6.45) is 0. The average molecular weight is 380 g/mol. The molecule has 0 saturated heterocycles. The van der Waals surface area contributed by atoms with Crippen molar-refractivity contribution < 1.29 is 14.5 Å². The van der Waals surface area contributed by atoms with E-state index in [1.54, 1.807) is 12.3 Å². The van der Waals surface area contributed by atoms with E-state index in [0.717, 1.165) is 11.8 Å². The molecular formula is C15H10ClN3O5S. The Morgan fingerprint density at radius 2 is 2.20 bits per heavy atom. The number of thiazole rings is 1. The van der Waals surface area contributed by atoms with Gasteiger partial charge in [-0.15, -0.1) is 11.3 Å². The summed E-state index contributed by atoms with van der Waals surface area (Å²) in [6.45, 7) is 1.57. The maximum atomic E-state index is 12.1. The molecule has 1 aromatic carbocycles. The Bertz CT molecular complexity index is 1060. The van der Waals surface area contributed by atoms with Gasteiger partial charge in [-0.25, -0.2) is 9.78 Å². The van der Waals surface area contributed by atoms with Crippen LogP contribution in [-0.4, -0.2) is 20.3 Å². The van der Waals surface area contributed by atoms with Gasteiger partial charge in [-0.2, -0.15) is 0 Å². The Kier molecular flexibility index (Phi) is 4.51. The van der Waals surface area contributed by atoms with E-state index in [1.807, 2.05) is 0 Å². The van der Waals surface area contributed by atoms with Gasteiger partial charge >= 0.3 is 5.97 Å². The molecule has 0 aliphatic carbocycles. The number of aryl methyl sites for hydroxylation is 1. The second-order valence-corrected chi connectivity index (χ2v) is 6.32. The molecule has 0 bridgehead atoms. The summed E-state index contributed by atoms with van der Waals surface area (Å²) >= 11 is 7.01. The molecular weight excluding hydrogens is 370 g/mol. The molecule has 128 valence electrons. The lowest BCUT2D eigenvalue weighted by molar-refractivity contribution is -0.384. The summed E-state index contributed by atoms with van der Waals surface area (Å²) in [6, 6.07) is 4.90. The van der Waals surface area contributed by atoms with Gasteiger partial charge in [-0.1, -0.05) is 11.6 Å². The fourth-order valence-corrected chi connectivity index (χ4v) is 3.25. The van der Waals surface area contributed by atoms with E-state index in [0.29, 0.717) is 10.7 Å². The van der Waals surface area contributed by atoms with Crippen LogP contribution in [0.3, 0.4) is 0 Å². The summed E-state index contributed by atoms with van der Waals surface area (Å²) < 4.78 is 6.55. The van der Waals surface area contributed by atoms with E-state index in [-0.39, 0.29) is 28.4 Å². The Hall–Kier alpha value is -2.78. The van der Waals surface area contributed by atoms with E-state index in [1.165, 1.54) is 33.9 Å². The minimum absolute atomic E-state index is 0.0131. The smallest absolute Gasteiger partial charge is 0.338 e. The molecule has 0 atom stereocenters. The van der Waals surface area contributed by atoms with Crippen LogP contribution in [0.2, 0.25) is 5.02 Å². The third-order valence-corrected chi connectivity index (χ3v) is 4.62. The van der Waals surface area contributed by atoms with Crippen molar-refractivity contribution in [2.45, 2.75) is 13.5 Å². The minimum Gasteiger partial charge on any atom is -0.456 e. The van der Waals surface area contributed by atoms with Gasteiger partial charge in [-0.3, -0.25) is 19.3 Å². The lowest BCUT2D eigenvalue weighted by Gasteiger charge is -2.05. The number of ether oxygens (including phenoxy) is 1. The van der Waals surface area contributed by atoms with Crippen molar-refractivity contribution >= 4 is 39.6 Å². The quantitative estimate of drug-likeness (QED) is 0.392. The summed E-state index contributed by atoms with van der Waals surface area (Å²) in [5.74, 6) is -0.774. The number of halogens is 1. The predicted octanol–water partition coefficient (Wildman–Crippen LogP) is 2.98. The SMILES string of the molecule is Cc1csc2nc(COC(=O)c3ccc(Cl)c([N+](=O)[O-])c3)cc(=O)n12. The van der Waals surface area contributed by atoms with Crippen LogP contribution < -0.4 is 5.56 Å². The molecule has 0 unspecified atom stereocenters. The number of hydrogen-bond donors (Lipinski definition) is 0. The molecule has 0 spiro atoms. The van der Waals surface area contributed by atoms with Crippen LogP contribution >= 0.6 is 22.9 Å². The van der Waals surface area contributed by atoms with Crippen molar-refractivity contribution in [3.63, 3.8) is 0 Å². The number of carbonyl (C=O) groups excluding carboxylic acids is 1. The van der Waals surface area contributed by atoms with Gasteiger partial charge in [0.25, 0.3) is 11.2 Å². The first-order valence-corrected chi connectivity index (χ1v) is 8.20. The number of nitrogens with zero attached hydrogens (tertiary/aromatic N) is 3. The highest BCUT2D eigenvalue weighted by Crippen LogP contribution is 2.25. The number of aromatic nitrogens is 2. The van der Waals surface area contributed by atoms with Gasteiger partial charge in [0, 0.05) is 23.2 Å².